The number of aromatic nitrogens is 1. The molecule has 1 saturated carbocycles. The van der Waals surface area contributed by atoms with Gasteiger partial charge in [-0.05, 0) is 25.3 Å². The van der Waals surface area contributed by atoms with E-state index in [4.69, 9.17) is 5.73 Å². The van der Waals surface area contributed by atoms with Gasteiger partial charge in [0.2, 0.25) is 11.8 Å². The molecule has 21 heavy (non-hydrogen) atoms. The fourth-order valence-electron chi connectivity index (χ4n) is 2.45. The van der Waals surface area contributed by atoms with Crippen molar-refractivity contribution in [3.63, 3.8) is 0 Å². The van der Waals surface area contributed by atoms with Crippen LogP contribution in [0.2, 0.25) is 0 Å². The number of hydrogen-bond donors (Lipinski definition) is 3. The predicted octanol–water partition coefficient (Wildman–Crippen LogP) is 0.1000. The van der Waals surface area contributed by atoms with Crippen molar-refractivity contribution >= 4 is 23.3 Å². The van der Waals surface area contributed by atoms with Gasteiger partial charge in [0.1, 0.15) is 0 Å². The highest BCUT2D eigenvalue weighted by atomic mass is 16.3. The Morgan fingerprint density at radius 2 is 2.14 bits per heavy atom. The van der Waals surface area contributed by atoms with E-state index in [1.807, 2.05) is 4.90 Å². The molecule has 2 aliphatic rings. The summed E-state index contributed by atoms with van der Waals surface area (Å²) in [5.41, 5.74) is 6.00. The van der Waals surface area contributed by atoms with Crippen LogP contribution in [0.5, 0.6) is 0 Å². The Morgan fingerprint density at radius 3 is 2.71 bits per heavy atom. The lowest BCUT2D eigenvalue weighted by atomic mass is 10.2. The lowest BCUT2D eigenvalue weighted by Gasteiger charge is -2.20. The van der Waals surface area contributed by atoms with Crippen molar-refractivity contribution < 1.29 is 14.7 Å². The number of β-amino-alcohol motifs (C(OH)–C–C–N with tert-alkyl or cyclic N) is 1. The van der Waals surface area contributed by atoms with Crippen LogP contribution in [0.3, 0.4) is 0 Å². The van der Waals surface area contributed by atoms with Crippen molar-refractivity contribution in [2.24, 2.45) is 11.7 Å². The van der Waals surface area contributed by atoms with Gasteiger partial charge in [-0.15, -0.1) is 0 Å². The molecule has 1 aliphatic carbocycles. The molecule has 4 N–H and O–H groups in total. The van der Waals surface area contributed by atoms with Gasteiger partial charge in [0.15, 0.2) is 5.82 Å². The number of pyridine rings is 1. The highest BCUT2D eigenvalue weighted by molar-refractivity contribution is 5.99. The summed E-state index contributed by atoms with van der Waals surface area (Å²) in [6, 6.07) is 1.55. The third-order valence-electron chi connectivity index (χ3n) is 3.82. The van der Waals surface area contributed by atoms with Gasteiger partial charge in [-0.25, -0.2) is 4.98 Å². The fourth-order valence-corrected chi connectivity index (χ4v) is 2.45. The molecule has 0 bridgehead atoms. The van der Waals surface area contributed by atoms with E-state index in [1.54, 1.807) is 6.07 Å². The van der Waals surface area contributed by atoms with Crippen LogP contribution in [0.25, 0.3) is 0 Å². The topological polar surface area (TPSA) is 109 Å². The Labute approximate surface area is 122 Å². The summed E-state index contributed by atoms with van der Waals surface area (Å²) in [5.74, 6) is -0.0124. The molecule has 0 aromatic carbocycles. The predicted molar refractivity (Wildman–Crippen MR) is 76.9 cm³/mol. The first kappa shape index (κ1) is 13.8. The maximum absolute atomic E-state index is 12.0. The molecule has 0 radical (unpaired) electrons. The SMILES string of the molecule is NC(=O)c1cnc(N2CCC(O)C2)c(NC(=O)C2CC2)c1. The van der Waals surface area contributed by atoms with Crippen molar-refractivity contribution in [2.45, 2.75) is 25.4 Å². The first-order chi connectivity index (χ1) is 10.0. The number of primary amides is 1. The minimum atomic E-state index is -0.586. The van der Waals surface area contributed by atoms with Crippen LogP contribution in [-0.4, -0.2) is 41.1 Å². The molecule has 2 heterocycles. The molecule has 112 valence electrons. The van der Waals surface area contributed by atoms with Crippen molar-refractivity contribution in [1.29, 1.82) is 0 Å². The molecule has 2 amide bonds. The number of hydrogen-bond acceptors (Lipinski definition) is 5. The zero-order valence-electron chi connectivity index (χ0n) is 11.6. The molecule has 1 aromatic rings. The lowest BCUT2D eigenvalue weighted by molar-refractivity contribution is -0.117. The van der Waals surface area contributed by atoms with Gasteiger partial charge in [-0.2, -0.15) is 0 Å². The molecular formula is C14H18N4O3. The third kappa shape index (κ3) is 2.97. The molecule has 1 atom stereocenters. The Bertz CT molecular complexity index is 586. The van der Waals surface area contributed by atoms with E-state index < -0.39 is 12.0 Å². The van der Waals surface area contributed by atoms with Gasteiger partial charge in [-0.3, -0.25) is 9.59 Å². The average molecular weight is 290 g/mol. The van der Waals surface area contributed by atoms with E-state index in [0.29, 0.717) is 31.0 Å². The van der Waals surface area contributed by atoms with Crippen molar-refractivity contribution in [3.8, 4) is 0 Å². The van der Waals surface area contributed by atoms with E-state index >= 15 is 0 Å². The molecule has 0 spiro atoms. The highest BCUT2D eigenvalue weighted by Crippen LogP contribution is 2.33. The highest BCUT2D eigenvalue weighted by Gasteiger charge is 2.31. The van der Waals surface area contributed by atoms with Crippen molar-refractivity contribution in [1.82, 2.24) is 4.98 Å². The summed E-state index contributed by atoms with van der Waals surface area (Å²) < 4.78 is 0. The monoisotopic (exact) mass is 290 g/mol. The number of aliphatic hydroxyl groups is 1. The summed E-state index contributed by atoms with van der Waals surface area (Å²) in [5, 5.41) is 12.5. The molecule has 7 heteroatoms. The minimum absolute atomic E-state index is 0.0549. The van der Waals surface area contributed by atoms with Crippen molar-refractivity contribution in [3.05, 3.63) is 17.8 Å². The Morgan fingerprint density at radius 1 is 1.38 bits per heavy atom. The van der Waals surface area contributed by atoms with Crippen LogP contribution in [0, 0.1) is 5.92 Å². The Hall–Kier alpha value is -2.15. The summed E-state index contributed by atoms with van der Waals surface area (Å²) in [6.45, 7) is 1.13. The molecule has 1 saturated heterocycles. The van der Waals surface area contributed by atoms with E-state index in [9.17, 15) is 14.7 Å². The van der Waals surface area contributed by atoms with E-state index in [1.165, 1.54) is 6.20 Å². The van der Waals surface area contributed by atoms with E-state index in [2.05, 4.69) is 10.3 Å². The van der Waals surface area contributed by atoms with Crippen LogP contribution >= 0.6 is 0 Å². The first-order valence-electron chi connectivity index (χ1n) is 7.08. The van der Waals surface area contributed by atoms with Crippen LogP contribution in [0.4, 0.5) is 11.5 Å². The number of nitrogens with two attached hydrogens (primary N) is 1. The summed E-state index contributed by atoms with van der Waals surface area (Å²) in [6.07, 6.45) is 3.46. The zero-order valence-corrected chi connectivity index (χ0v) is 11.6. The number of anilines is 2. The number of amides is 2. The van der Waals surface area contributed by atoms with E-state index in [-0.39, 0.29) is 17.4 Å². The van der Waals surface area contributed by atoms with Crippen LogP contribution < -0.4 is 16.0 Å². The Balaban J connectivity index is 1.89. The molecule has 7 nitrogen and oxygen atoms in total. The standard InChI is InChI=1S/C14H18N4O3/c15-12(20)9-5-11(17-14(21)8-1-2-8)13(16-6-9)18-4-3-10(19)7-18/h5-6,8,10,19H,1-4,7H2,(H2,15,20)(H,17,21). The fraction of sp³-hybridized carbons (Fsp3) is 0.500. The Kier molecular flexibility index (Phi) is 3.50. The normalized spacial score (nSPS) is 21.4. The third-order valence-corrected chi connectivity index (χ3v) is 3.82. The molecular weight excluding hydrogens is 272 g/mol. The molecule has 1 aromatic heterocycles. The zero-order chi connectivity index (χ0) is 15.0. The minimum Gasteiger partial charge on any atom is -0.391 e. The van der Waals surface area contributed by atoms with Crippen LogP contribution in [-0.2, 0) is 4.79 Å². The first-order valence-corrected chi connectivity index (χ1v) is 7.08. The molecule has 2 fully saturated rings. The van der Waals surface area contributed by atoms with Crippen molar-refractivity contribution in [2.75, 3.05) is 23.3 Å². The number of aliphatic hydroxyl groups excluding tert-OH is 1. The maximum Gasteiger partial charge on any atom is 0.250 e. The number of nitrogens with one attached hydrogen (secondary N) is 1. The van der Waals surface area contributed by atoms with Gasteiger partial charge in [0.05, 0.1) is 17.4 Å². The number of nitrogens with zero attached hydrogens (tertiary/aromatic N) is 2. The lowest BCUT2D eigenvalue weighted by Crippen LogP contribution is -2.25. The summed E-state index contributed by atoms with van der Waals surface area (Å²) in [4.78, 5) is 29.4. The number of carbonyl (C=O) groups excluding carboxylic acids is 2. The molecule has 3 rings (SSSR count). The second-order valence-corrected chi connectivity index (χ2v) is 5.61. The van der Waals surface area contributed by atoms with Crippen LogP contribution in [0.1, 0.15) is 29.6 Å². The average Bonchev–Trinajstić information content (AvgIpc) is 3.21. The molecule has 1 unspecified atom stereocenters. The second kappa shape index (κ2) is 5.33. The largest absolute Gasteiger partial charge is 0.391 e. The smallest absolute Gasteiger partial charge is 0.250 e. The van der Waals surface area contributed by atoms with Gasteiger partial charge < -0.3 is 21.1 Å². The van der Waals surface area contributed by atoms with Gasteiger partial charge in [0.25, 0.3) is 0 Å². The molecule has 1 aliphatic heterocycles. The summed E-state index contributed by atoms with van der Waals surface area (Å²) >= 11 is 0. The summed E-state index contributed by atoms with van der Waals surface area (Å²) in [7, 11) is 0. The van der Waals surface area contributed by atoms with Gasteiger partial charge in [-0.1, -0.05) is 0 Å². The quantitative estimate of drug-likeness (QED) is 0.728. The number of rotatable bonds is 4. The van der Waals surface area contributed by atoms with Crippen LogP contribution in [0.15, 0.2) is 12.3 Å². The van der Waals surface area contributed by atoms with Gasteiger partial charge >= 0.3 is 0 Å². The second-order valence-electron chi connectivity index (χ2n) is 5.61. The van der Waals surface area contributed by atoms with E-state index in [0.717, 1.165) is 12.8 Å². The maximum atomic E-state index is 12.0. The van der Waals surface area contributed by atoms with Gasteiger partial charge in [0, 0.05) is 25.2 Å². The number of carbonyl (C=O) groups is 2.